The summed E-state index contributed by atoms with van der Waals surface area (Å²) < 4.78 is 23.9. The number of carbonyl (C=O) groups excluding carboxylic acids is 1. The Hall–Kier alpha value is -0.500. The molecule has 8 nitrogen and oxygen atoms in total. The molecule has 0 aliphatic heterocycles. The van der Waals surface area contributed by atoms with Gasteiger partial charge in [-0.1, -0.05) is 399 Å². The fourth-order valence-electron chi connectivity index (χ4n) is 12.2. The number of hydrogen-bond acceptors (Lipinski definition) is 5. The summed E-state index contributed by atoms with van der Waals surface area (Å²) in [6.45, 7) is 4.97. The molecule has 0 fully saturated rings. The SMILES string of the molecule is CCCCCCCCCCCCCCCCCCCCCCCCCCCCCCCCCC(O)C(COP(=O)(O)OCC[N+](C)(C)C)NC(=O)CCCCCCCCCCCCCCCCCCCCCCCCCCCCCCCC. The van der Waals surface area contributed by atoms with Crippen LogP contribution in [-0.4, -0.2) is 73.4 Å². The van der Waals surface area contributed by atoms with Crippen molar-refractivity contribution in [1.29, 1.82) is 0 Å². The number of phosphoric ester groups is 1. The highest BCUT2D eigenvalue weighted by atomic mass is 31.2. The Morgan fingerprint density at radius 1 is 0.361 bits per heavy atom. The van der Waals surface area contributed by atoms with Crippen LogP contribution in [0.4, 0.5) is 0 Å². The number of rotatable bonds is 72. The molecule has 0 spiro atoms. The number of likely N-dealkylation sites (N-methyl/N-ethyl adjacent to an activating group) is 1. The number of quaternary nitrogens is 1. The molecule has 0 bridgehead atoms. The maximum absolute atomic E-state index is 13.1. The van der Waals surface area contributed by atoms with E-state index < -0.39 is 20.0 Å². The second-order valence-corrected chi connectivity index (χ2v) is 29.2. The number of nitrogens with zero attached hydrogens (tertiary/aromatic N) is 1. The van der Waals surface area contributed by atoms with Gasteiger partial charge in [-0.05, 0) is 12.8 Å². The van der Waals surface area contributed by atoms with Crippen molar-refractivity contribution in [2.24, 2.45) is 0 Å². The fraction of sp³-hybridized carbons (Fsp3) is 0.986. The molecular formula is C74H152N2O6P+. The summed E-state index contributed by atoms with van der Waals surface area (Å²) in [5.41, 5.74) is 0. The van der Waals surface area contributed by atoms with Gasteiger partial charge in [0.2, 0.25) is 5.91 Å². The average Bonchev–Trinajstić information content (AvgIpc) is 3.49. The highest BCUT2D eigenvalue weighted by molar-refractivity contribution is 7.47. The first kappa shape index (κ1) is 82.5. The number of aliphatic hydroxyl groups excluding tert-OH is 1. The summed E-state index contributed by atoms with van der Waals surface area (Å²) >= 11 is 0. The summed E-state index contributed by atoms with van der Waals surface area (Å²) in [5, 5.41) is 14.2. The minimum atomic E-state index is -4.33. The average molecular weight is 1200 g/mol. The monoisotopic (exact) mass is 1200 g/mol. The molecular weight excluding hydrogens is 1040 g/mol. The van der Waals surface area contributed by atoms with Gasteiger partial charge in [-0.3, -0.25) is 13.8 Å². The normalized spacial score (nSPS) is 13.5. The van der Waals surface area contributed by atoms with Crippen LogP contribution < -0.4 is 5.32 Å². The number of carbonyl (C=O) groups is 1. The minimum Gasteiger partial charge on any atom is -0.391 e. The molecule has 9 heteroatoms. The van der Waals surface area contributed by atoms with Crippen molar-refractivity contribution in [3.63, 3.8) is 0 Å². The third-order valence-corrected chi connectivity index (χ3v) is 19.1. The van der Waals surface area contributed by atoms with E-state index in [9.17, 15) is 19.4 Å². The smallest absolute Gasteiger partial charge is 0.391 e. The molecule has 0 aliphatic rings. The summed E-state index contributed by atoms with van der Waals surface area (Å²) in [6, 6.07) is -0.757. The molecule has 3 unspecified atom stereocenters. The zero-order valence-corrected chi connectivity index (χ0v) is 58.1. The van der Waals surface area contributed by atoms with Crippen molar-refractivity contribution in [3.8, 4) is 0 Å². The largest absolute Gasteiger partial charge is 0.472 e. The molecule has 0 rings (SSSR count). The van der Waals surface area contributed by atoms with Crippen LogP contribution in [0.15, 0.2) is 0 Å². The molecule has 0 saturated carbocycles. The topological polar surface area (TPSA) is 105 Å². The van der Waals surface area contributed by atoms with Crippen molar-refractivity contribution in [3.05, 3.63) is 0 Å². The van der Waals surface area contributed by atoms with Gasteiger partial charge in [0.1, 0.15) is 13.2 Å². The predicted molar refractivity (Wildman–Crippen MR) is 365 cm³/mol. The van der Waals surface area contributed by atoms with Crippen LogP contribution in [0, 0.1) is 0 Å². The molecule has 0 aromatic rings. The number of phosphoric acid groups is 1. The quantitative estimate of drug-likeness (QED) is 0.0318. The summed E-state index contributed by atoms with van der Waals surface area (Å²) in [7, 11) is 1.65. The van der Waals surface area contributed by atoms with Gasteiger partial charge >= 0.3 is 7.82 Å². The Balaban J connectivity index is 3.94. The third kappa shape index (κ3) is 68.8. The Bertz CT molecular complexity index is 1310. The van der Waals surface area contributed by atoms with E-state index in [1.807, 2.05) is 21.1 Å². The molecule has 3 atom stereocenters. The van der Waals surface area contributed by atoms with E-state index in [1.54, 1.807) is 0 Å². The third-order valence-electron chi connectivity index (χ3n) is 18.1. The van der Waals surface area contributed by atoms with Crippen LogP contribution in [0.1, 0.15) is 418 Å². The van der Waals surface area contributed by atoms with E-state index in [0.29, 0.717) is 23.9 Å². The Morgan fingerprint density at radius 2 is 0.578 bits per heavy atom. The van der Waals surface area contributed by atoms with Crippen LogP contribution in [-0.2, 0) is 18.4 Å². The Labute approximate surface area is 520 Å². The maximum atomic E-state index is 13.1. The van der Waals surface area contributed by atoms with Gasteiger partial charge in [0.15, 0.2) is 0 Å². The summed E-state index contributed by atoms with van der Waals surface area (Å²) in [4.78, 5) is 23.5. The van der Waals surface area contributed by atoms with Crippen molar-refractivity contribution >= 4 is 13.7 Å². The molecule has 3 N–H and O–H groups in total. The summed E-state index contributed by atoms with van der Waals surface area (Å²) in [6.07, 6.45) is 83.8. The molecule has 0 aromatic heterocycles. The molecule has 498 valence electrons. The first-order chi connectivity index (χ1) is 40.5. The molecule has 0 radical (unpaired) electrons. The van der Waals surface area contributed by atoms with Crippen LogP contribution in [0.2, 0.25) is 0 Å². The molecule has 0 saturated heterocycles. The molecule has 1 amide bonds. The van der Waals surface area contributed by atoms with Gasteiger partial charge in [0, 0.05) is 6.42 Å². The zero-order valence-electron chi connectivity index (χ0n) is 57.2. The standard InChI is InChI=1S/C74H151N2O6P/c1-6-8-10-12-14-16-18-20-22-24-26-28-30-32-34-36-38-39-41-43-45-47-49-51-53-55-57-59-61-63-65-67-73(77)72(71-82-83(79,80)81-70-69-76(3,4)5)75-74(78)68-66-64-62-60-58-56-54-52-50-48-46-44-42-40-37-35-33-31-29-27-25-23-21-19-17-15-13-11-9-7-2/h72-73,77H,6-71H2,1-5H3,(H-,75,78,79,80)/p+1. The lowest BCUT2D eigenvalue weighted by Gasteiger charge is -2.26. The predicted octanol–water partition coefficient (Wildman–Crippen LogP) is 24.3. The van der Waals surface area contributed by atoms with Crippen LogP contribution in [0.3, 0.4) is 0 Å². The maximum Gasteiger partial charge on any atom is 0.472 e. The number of amides is 1. The van der Waals surface area contributed by atoms with Gasteiger partial charge in [-0.15, -0.1) is 0 Å². The second kappa shape index (κ2) is 65.9. The zero-order chi connectivity index (χ0) is 60.5. The lowest BCUT2D eigenvalue weighted by molar-refractivity contribution is -0.870. The van der Waals surface area contributed by atoms with Gasteiger partial charge in [-0.25, -0.2) is 4.57 Å². The van der Waals surface area contributed by atoms with Gasteiger partial charge in [0.05, 0.1) is 39.9 Å². The van der Waals surface area contributed by atoms with Crippen LogP contribution in [0.5, 0.6) is 0 Å². The van der Waals surface area contributed by atoms with E-state index in [0.717, 1.165) is 38.5 Å². The lowest BCUT2D eigenvalue weighted by atomic mass is 10.0. The number of nitrogens with one attached hydrogen (secondary N) is 1. The highest BCUT2D eigenvalue weighted by Crippen LogP contribution is 2.43. The fourth-order valence-corrected chi connectivity index (χ4v) is 13.0. The van der Waals surface area contributed by atoms with E-state index in [2.05, 4.69) is 19.2 Å². The van der Waals surface area contributed by atoms with Crippen molar-refractivity contribution in [2.45, 2.75) is 431 Å². The van der Waals surface area contributed by atoms with E-state index in [4.69, 9.17) is 9.05 Å². The van der Waals surface area contributed by atoms with Crippen LogP contribution in [0.25, 0.3) is 0 Å². The van der Waals surface area contributed by atoms with Crippen LogP contribution >= 0.6 is 7.82 Å². The second-order valence-electron chi connectivity index (χ2n) is 27.8. The molecule has 83 heavy (non-hydrogen) atoms. The molecule has 0 heterocycles. The number of aliphatic hydroxyl groups is 1. The van der Waals surface area contributed by atoms with Crippen molar-refractivity contribution in [1.82, 2.24) is 5.32 Å². The minimum absolute atomic E-state index is 0.0796. The first-order valence-corrected chi connectivity index (χ1v) is 39.4. The lowest BCUT2D eigenvalue weighted by Crippen LogP contribution is -2.46. The number of unbranched alkanes of at least 4 members (excludes halogenated alkanes) is 59. The van der Waals surface area contributed by atoms with Gasteiger partial charge < -0.3 is 19.8 Å². The molecule has 0 aromatic carbocycles. The Morgan fingerprint density at radius 3 is 0.807 bits per heavy atom. The van der Waals surface area contributed by atoms with E-state index >= 15 is 0 Å². The molecule has 0 aliphatic carbocycles. The highest BCUT2D eigenvalue weighted by Gasteiger charge is 2.28. The number of hydrogen-bond donors (Lipinski definition) is 3. The first-order valence-electron chi connectivity index (χ1n) is 37.9. The van der Waals surface area contributed by atoms with E-state index in [-0.39, 0.29) is 19.1 Å². The van der Waals surface area contributed by atoms with Crippen molar-refractivity contribution in [2.75, 3.05) is 40.9 Å². The summed E-state index contributed by atoms with van der Waals surface area (Å²) in [5.74, 6) is -0.132. The Kier molecular flexibility index (Phi) is 65.5. The van der Waals surface area contributed by atoms with Gasteiger partial charge in [0.25, 0.3) is 0 Å². The van der Waals surface area contributed by atoms with E-state index in [1.165, 1.54) is 353 Å². The van der Waals surface area contributed by atoms with Crippen molar-refractivity contribution < 1.29 is 32.9 Å². The van der Waals surface area contributed by atoms with Gasteiger partial charge in [-0.2, -0.15) is 0 Å².